The van der Waals surface area contributed by atoms with Crippen molar-refractivity contribution in [1.82, 2.24) is 4.90 Å². The molecule has 1 unspecified atom stereocenters. The van der Waals surface area contributed by atoms with Crippen LogP contribution in [0.15, 0.2) is 40.9 Å². The Morgan fingerprint density at radius 1 is 1.17 bits per heavy atom. The molecule has 4 rings (SSSR count). The third-order valence-electron chi connectivity index (χ3n) is 4.76. The van der Waals surface area contributed by atoms with Gasteiger partial charge >= 0.3 is 6.03 Å². The molecular formula is C20H17BrFN3O5. The number of benzene rings is 2. The number of nitrogens with zero attached hydrogens (tertiary/aromatic N) is 2. The lowest BCUT2D eigenvalue weighted by Gasteiger charge is -2.21. The molecule has 2 aromatic rings. The molecule has 10 heteroatoms. The van der Waals surface area contributed by atoms with E-state index in [1.807, 2.05) is 0 Å². The number of urea groups is 1. The highest BCUT2D eigenvalue weighted by Gasteiger charge is 2.44. The molecule has 0 spiro atoms. The number of nitrogens with one attached hydrogen (secondary N) is 1. The minimum atomic E-state index is -0.809. The minimum Gasteiger partial charge on any atom is -0.486 e. The largest absolute Gasteiger partial charge is 0.486 e. The zero-order valence-corrected chi connectivity index (χ0v) is 17.4. The molecule has 2 aliphatic heterocycles. The van der Waals surface area contributed by atoms with Gasteiger partial charge in [-0.3, -0.25) is 19.4 Å². The molecule has 0 radical (unpaired) electrons. The van der Waals surface area contributed by atoms with E-state index in [2.05, 4.69) is 21.2 Å². The van der Waals surface area contributed by atoms with Crippen LogP contribution < -0.4 is 19.7 Å². The number of anilines is 2. The van der Waals surface area contributed by atoms with E-state index in [0.29, 0.717) is 40.6 Å². The predicted octanol–water partition coefficient (Wildman–Crippen LogP) is 3.16. The van der Waals surface area contributed by atoms with Crippen molar-refractivity contribution in [1.29, 1.82) is 0 Å². The van der Waals surface area contributed by atoms with E-state index in [0.717, 1.165) is 4.90 Å². The van der Waals surface area contributed by atoms with Crippen molar-refractivity contribution in [2.75, 3.05) is 30.0 Å². The number of imide groups is 1. The summed E-state index contributed by atoms with van der Waals surface area (Å²) in [4.78, 5) is 40.0. The third-order valence-corrected chi connectivity index (χ3v) is 5.42. The van der Waals surface area contributed by atoms with Crippen molar-refractivity contribution >= 4 is 45.2 Å². The summed E-state index contributed by atoms with van der Waals surface area (Å²) in [5, 5.41) is 2.67. The van der Waals surface area contributed by atoms with Crippen molar-refractivity contribution in [2.45, 2.75) is 13.0 Å². The first-order chi connectivity index (χ1) is 14.3. The molecule has 4 amide bonds. The van der Waals surface area contributed by atoms with Crippen LogP contribution in [0.3, 0.4) is 0 Å². The standard InChI is InChI=1S/C20H17BrFN3O5/c1-11-19(27)24(20(28)25(11)13-4-2-12(22)3-5-13)10-18(26)23-15-9-17-16(8-14(15)21)29-6-7-30-17/h2-5,8-9,11H,6-7,10H2,1H3,(H,23,26). The molecule has 1 N–H and O–H groups in total. The van der Waals surface area contributed by atoms with Crippen LogP contribution in [0.2, 0.25) is 0 Å². The number of hydrogen-bond donors (Lipinski definition) is 1. The van der Waals surface area contributed by atoms with Gasteiger partial charge in [-0.2, -0.15) is 0 Å². The van der Waals surface area contributed by atoms with Crippen LogP contribution in [0, 0.1) is 5.82 Å². The molecule has 0 saturated carbocycles. The van der Waals surface area contributed by atoms with Crippen LogP contribution in [-0.2, 0) is 9.59 Å². The molecule has 2 aromatic carbocycles. The first kappa shape index (κ1) is 20.1. The Hall–Kier alpha value is -3.14. The summed E-state index contributed by atoms with van der Waals surface area (Å²) in [5.41, 5.74) is 0.798. The van der Waals surface area contributed by atoms with Crippen LogP contribution in [0.4, 0.5) is 20.6 Å². The molecule has 0 aliphatic carbocycles. The van der Waals surface area contributed by atoms with Gasteiger partial charge in [0.1, 0.15) is 31.6 Å². The molecule has 1 fully saturated rings. The second kappa shape index (κ2) is 7.94. The average molecular weight is 478 g/mol. The quantitative estimate of drug-likeness (QED) is 0.683. The lowest BCUT2D eigenvalue weighted by molar-refractivity contribution is -0.130. The van der Waals surface area contributed by atoms with Gasteiger partial charge in [-0.25, -0.2) is 9.18 Å². The van der Waals surface area contributed by atoms with Crippen molar-refractivity contribution in [3.63, 3.8) is 0 Å². The summed E-state index contributed by atoms with van der Waals surface area (Å²) in [5.74, 6) is -0.475. The normalized spacial score (nSPS) is 18.0. The number of fused-ring (bicyclic) bond motifs is 1. The highest BCUT2D eigenvalue weighted by molar-refractivity contribution is 9.10. The summed E-state index contributed by atoms with van der Waals surface area (Å²) in [6.07, 6.45) is 0. The zero-order valence-electron chi connectivity index (χ0n) is 15.9. The fraction of sp³-hybridized carbons (Fsp3) is 0.250. The highest BCUT2D eigenvalue weighted by Crippen LogP contribution is 2.38. The Balaban J connectivity index is 1.48. The van der Waals surface area contributed by atoms with Crippen LogP contribution >= 0.6 is 15.9 Å². The summed E-state index contributed by atoms with van der Waals surface area (Å²) in [6, 6.07) is 7.06. The Bertz CT molecular complexity index is 1030. The molecule has 0 bridgehead atoms. The van der Waals surface area contributed by atoms with Crippen LogP contribution in [-0.4, -0.2) is 48.5 Å². The fourth-order valence-corrected chi connectivity index (χ4v) is 3.72. The van der Waals surface area contributed by atoms with Crippen molar-refractivity contribution in [2.24, 2.45) is 0 Å². The zero-order chi connectivity index (χ0) is 21.4. The Morgan fingerprint density at radius 2 is 1.80 bits per heavy atom. The summed E-state index contributed by atoms with van der Waals surface area (Å²) in [6.45, 7) is 1.93. The van der Waals surface area contributed by atoms with Crippen molar-refractivity contribution in [3.8, 4) is 11.5 Å². The van der Waals surface area contributed by atoms with Gasteiger partial charge in [0.25, 0.3) is 5.91 Å². The van der Waals surface area contributed by atoms with E-state index < -0.39 is 36.2 Å². The maximum absolute atomic E-state index is 13.2. The van der Waals surface area contributed by atoms with Gasteiger partial charge in [0, 0.05) is 22.3 Å². The minimum absolute atomic E-state index is 0.375. The number of ether oxygens (including phenoxy) is 2. The molecule has 2 aliphatic rings. The van der Waals surface area contributed by atoms with E-state index in [-0.39, 0.29) is 0 Å². The van der Waals surface area contributed by atoms with Crippen molar-refractivity contribution < 1.29 is 28.2 Å². The summed E-state index contributed by atoms with van der Waals surface area (Å²) >= 11 is 3.36. The molecular weight excluding hydrogens is 461 g/mol. The van der Waals surface area contributed by atoms with Crippen LogP contribution in [0.5, 0.6) is 11.5 Å². The SMILES string of the molecule is CC1C(=O)N(CC(=O)Nc2cc3c(cc2Br)OCCO3)C(=O)N1c1ccc(F)cc1. The highest BCUT2D eigenvalue weighted by atomic mass is 79.9. The van der Waals surface area contributed by atoms with Gasteiger partial charge < -0.3 is 14.8 Å². The number of hydrogen-bond acceptors (Lipinski definition) is 5. The Morgan fingerprint density at radius 3 is 2.47 bits per heavy atom. The van der Waals surface area contributed by atoms with E-state index in [1.54, 1.807) is 19.1 Å². The second-order valence-corrected chi connectivity index (χ2v) is 7.61. The predicted molar refractivity (Wildman–Crippen MR) is 109 cm³/mol. The lowest BCUT2D eigenvalue weighted by atomic mass is 10.2. The maximum atomic E-state index is 13.2. The van der Waals surface area contributed by atoms with E-state index in [9.17, 15) is 18.8 Å². The molecule has 8 nitrogen and oxygen atoms in total. The molecule has 30 heavy (non-hydrogen) atoms. The monoisotopic (exact) mass is 477 g/mol. The Labute approximate surface area is 179 Å². The van der Waals surface area contributed by atoms with Gasteiger partial charge in [0.2, 0.25) is 5.91 Å². The van der Waals surface area contributed by atoms with Gasteiger partial charge in [-0.15, -0.1) is 0 Å². The average Bonchev–Trinajstić information content (AvgIpc) is 2.93. The first-order valence-corrected chi connectivity index (χ1v) is 9.93. The number of carbonyl (C=O) groups excluding carboxylic acids is 3. The smallest absolute Gasteiger partial charge is 0.332 e. The summed E-state index contributed by atoms with van der Waals surface area (Å²) < 4.78 is 24.7. The maximum Gasteiger partial charge on any atom is 0.332 e. The third kappa shape index (κ3) is 3.70. The summed E-state index contributed by atoms with van der Waals surface area (Å²) in [7, 11) is 0. The van der Waals surface area contributed by atoms with E-state index in [4.69, 9.17) is 9.47 Å². The molecule has 1 saturated heterocycles. The molecule has 1 atom stereocenters. The van der Waals surface area contributed by atoms with Crippen molar-refractivity contribution in [3.05, 3.63) is 46.7 Å². The van der Waals surface area contributed by atoms with Crippen LogP contribution in [0.25, 0.3) is 0 Å². The molecule has 0 aromatic heterocycles. The number of amides is 4. The van der Waals surface area contributed by atoms with Gasteiger partial charge in [-0.05, 0) is 47.1 Å². The van der Waals surface area contributed by atoms with Gasteiger partial charge in [0.05, 0.1) is 5.69 Å². The molecule has 156 valence electrons. The first-order valence-electron chi connectivity index (χ1n) is 9.14. The number of rotatable bonds is 4. The second-order valence-electron chi connectivity index (χ2n) is 6.75. The lowest BCUT2D eigenvalue weighted by Crippen LogP contribution is -2.39. The van der Waals surface area contributed by atoms with Gasteiger partial charge in [-0.1, -0.05) is 0 Å². The van der Waals surface area contributed by atoms with E-state index >= 15 is 0 Å². The topological polar surface area (TPSA) is 88.2 Å². The van der Waals surface area contributed by atoms with E-state index in [1.165, 1.54) is 29.2 Å². The van der Waals surface area contributed by atoms with Gasteiger partial charge in [0.15, 0.2) is 11.5 Å². The number of halogens is 2. The Kier molecular flexibility index (Phi) is 5.33. The molecule has 2 heterocycles. The fourth-order valence-electron chi connectivity index (χ4n) is 3.30. The van der Waals surface area contributed by atoms with Crippen LogP contribution in [0.1, 0.15) is 6.92 Å². The number of carbonyl (C=O) groups is 3.